The zero-order chi connectivity index (χ0) is 15.2. The highest BCUT2D eigenvalue weighted by molar-refractivity contribution is 9.10. The fourth-order valence-corrected chi connectivity index (χ4v) is 5.59. The molecule has 2 bridgehead atoms. The summed E-state index contributed by atoms with van der Waals surface area (Å²) in [5.74, 6) is 0.0689. The standard InChI is InChI=1S/C13H16BrNO5S/c14-12-11(5-10(20-12)13(16)17)21(18,19)15-6-9-4-7-1-2-8(9)3-7/h5,7-9,15H,1-4,6H2,(H,16,17). The van der Waals surface area contributed by atoms with Crippen molar-refractivity contribution in [1.82, 2.24) is 4.72 Å². The summed E-state index contributed by atoms with van der Waals surface area (Å²) in [4.78, 5) is 10.7. The third-order valence-electron chi connectivity index (χ3n) is 4.58. The largest absolute Gasteiger partial charge is 0.475 e. The highest BCUT2D eigenvalue weighted by Crippen LogP contribution is 2.48. The van der Waals surface area contributed by atoms with Crippen molar-refractivity contribution < 1.29 is 22.7 Å². The second kappa shape index (κ2) is 5.40. The van der Waals surface area contributed by atoms with Crippen LogP contribution >= 0.6 is 15.9 Å². The fourth-order valence-electron chi connectivity index (χ4n) is 3.56. The van der Waals surface area contributed by atoms with Gasteiger partial charge in [0.25, 0.3) is 0 Å². The highest BCUT2D eigenvalue weighted by Gasteiger charge is 2.39. The molecule has 0 spiro atoms. The Hall–Kier alpha value is -0.860. The molecule has 0 saturated heterocycles. The Bertz CT molecular complexity index is 668. The molecule has 8 heteroatoms. The van der Waals surface area contributed by atoms with Gasteiger partial charge in [0.15, 0.2) is 4.67 Å². The van der Waals surface area contributed by atoms with Gasteiger partial charge in [-0.2, -0.15) is 0 Å². The van der Waals surface area contributed by atoms with E-state index in [0.29, 0.717) is 18.4 Å². The molecule has 116 valence electrons. The Balaban J connectivity index is 1.70. The molecular weight excluding hydrogens is 362 g/mol. The van der Waals surface area contributed by atoms with Gasteiger partial charge in [0.05, 0.1) is 0 Å². The van der Waals surface area contributed by atoms with Crippen molar-refractivity contribution in [3.05, 3.63) is 16.5 Å². The molecule has 2 saturated carbocycles. The number of carbonyl (C=O) groups is 1. The van der Waals surface area contributed by atoms with Gasteiger partial charge >= 0.3 is 5.97 Å². The molecule has 0 aliphatic heterocycles. The Morgan fingerprint density at radius 3 is 2.71 bits per heavy atom. The first-order valence-electron chi connectivity index (χ1n) is 6.89. The number of hydrogen-bond acceptors (Lipinski definition) is 4. The van der Waals surface area contributed by atoms with Crippen LogP contribution in [0.3, 0.4) is 0 Å². The van der Waals surface area contributed by atoms with Gasteiger partial charge in [0.1, 0.15) is 4.90 Å². The second-order valence-electron chi connectivity index (χ2n) is 5.84. The van der Waals surface area contributed by atoms with Gasteiger partial charge in [0, 0.05) is 12.6 Å². The number of carboxylic acids is 1. The van der Waals surface area contributed by atoms with E-state index in [1.165, 1.54) is 19.3 Å². The number of hydrogen-bond donors (Lipinski definition) is 2. The van der Waals surface area contributed by atoms with Crippen molar-refractivity contribution in [2.45, 2.75) is 30.6 Å². The highest BCUT2D eigenvalue weighted by atomic mass is 79.9. The quantitative estimate of drug-likeness (QED) is 0.821. The van der Waals surface area contributed by atoms with E-state index in [0.717, 1.165) is 18.4 Å². The van der Waals surface area contributed by atoms with E-state index in [2.05, 4.69) is 20.7 Å². The minimum absolute atomic E-state index is 0.0830. The van der Waals surface area contributed by atoms with E-state index in [1.54, 1.807) is 0 Å². The summed E-state index contributed by atoms with van der Waals surface area (Å²) in [7, 11) is -3.76. The van der Waals surface area contributed by atoms with E-state index in [4.69, 9.17) is 9.52 Å². The lowest BCUT2D eigenvalue weighted by molar-refractivity contribution is 0.0661. The van der Waals surface area contributed by atoms with E-state index < -0.39 is 21.8 Å². The van der Waals surface area contributed by atoms with E-state index in [-0.39, 0.29) is 9.56 Å². The summed E-state index contributed by atoms with van der Waals surface area (Å²) in [6, 6.07) is 1.02. The molecule has 0 radical (unpaired) electrons. The summed E-state index contributed by atoms with van der Waals surface area (Å²) in [6.07, 6.45) is 4.75. The summed E-state index contributed by atoms with van der Waals surface area (Å²) in [5, 5.41) is 8.83. The lowest BCUT2D eigenvalue weighted by Crippen LogP contribution is -2.31. The lowest BCUT2D eigenvalue weighted by Gasteiger charge is -2.21. The maximum atomic E-state index is 12.3. The minimum Gasteiger partial charge on any atom is -0.475 e. The predicted molar refractivity (Wildman–Crippen MR) is 77.5 cm³/mol. The molecule has 2 fully saturated rings. The maximum absolute atomic E-state index is 12.3. The lowest BCUT2D eigenvalue weighted by atomic mass is 9.89. The molecule has 0 aromatic carbocycles. The molecule has 6 nitrogen and oxygen atoms in total. The van der Waals surface area contributed by atoms with Crippen LogP contribution in [-0.4, -0.2) is 26.0 Å². The summed E-state index contributed by atoms with van der Waals surface area (Å²) in [6.45, 7) is 0.406. The zero-order valence-corrected chi connectivity index (χ0v) is 13.6. The Kier molecular flexibility index (Phi) is 3.87. The topological polar surface area (TPSA) is 96.6 Å². The van der Waals surface area contributed by atoms with Gasteiger partial charge in [-0.1, -0.05) is 6.42 Å². The Morgan fingerprint density at radius 1 is 1.43 bits per heavy atom. The first-order valence-corrected chi connectivity index (χ1v) is 9.16. The van der Waals surface area contributed by atoms with E-state index in [9.17, 15) is 13.2 Å². The third kappa shape index (κ3) is 2.89. The first-order chi connectivity index (χ1) is 9.87. The monoisotopic (exact) mass is 377 g/mol. The van der Waals surface area contributed by atoms with Crippen LogP contribution in [0, 0.1) is 17.8 Å². The summed E-state index contributed by atoms with van der Waals surface area (Å²) >= 11 is 2.96. The molecular formula is C13H16BrNO5S. The molecule has 2 N–H and O–H groups in total. The van der Waals surface area contributed by atoms with Crippen LogP contribution < -0.4 is 4.72 Å². The first kappa shape index (κ1) is 15.1. The van der Waals surface area contributed by atoms with Crippen LogP contribution in [0.15, 0.2) is 20.0 Å². The van der Waals surface area contributed by atoms with Crippen molar-refractivity contribution in [2.24, 2.45) is 17.8 Å². The van der Waals surface area contributed by atoms with E-state index >= 15 is 0 Å². The average Bonchev–Trinajstić information content (AvgIpc) is 3.10. The Labute approximate surface area is 131 Å². The third-order valence-corrected chi connectivity index (χ3v) is 6.86. The molecule has 2 aliphatic carbocycles. The zero-order valence-electron chi connectivity index (χ0n) is 11.2. The SMILES string of the molecule is O=C(O)c1cc(S(=O)(=O)NCC2CC3CCC2C3)c(Br)o1. The van der Waals surface area contributed by atoms with Crippen molar-refractivity contribution in [3.8, 4) is 0 Å². The molecule has 2 aliphatic rings. The number of carboxylic acid groups (broad SMARTS) is 1. The van der Waals surface area contributed by atoms with Crippen molar-refractivity contribution >= 4 is 31.9 Å². The van der Waals surface area contributed by atoms with Gasteiger partial charge in [-0.15, -0.1) is 0 Å². The van der Waals surface area contributed by atoms with Crippen molar-refractivity contribution in [1.29, 1.82) is 0 Å². The molecule has 1 heterocycles. The van der Waals surface area contributed by atoms with Gasteiger partial charge in [-0.05, 0) is 52.9 Å². The summed E-state index contributed by atoms with van der Waals surface area (Å²) < 4.78 is 31.9. The normalized spacial score (nSPS) is 28.1. The number of fused-ring (bicyclic) bond motifs is 2. The fraction of sp³-hybridized carbons (Fsp3) is 0.615. The molecule has 3 atom stereocenters. The number of aromatic carboxylic acids is 1. The van der Waals surface area contributed by atoms with Gasteiger partial charge in [-0.3, -0.25) is 0 Å². The number of sulfonamides is 1. The van der Waals surface area contributed by atoms with Crippen LogP contribution in [-0.2, 0) is 10.0 Å². The Morgan fingerprint density at radius 2 is 2.19 bits per heavy atom. The van der Waals surface area contributed by atoms with Crippen molar-refractivity contribution in [3.63, 3.8) is 0 Å². The average molecular weight is 378 g/mol. The molecule has 3 rings (SSSR count). The molecule has 21 heavy (non-hydrogen) atoms. The molecule has 0 amide bonds. The van der Waals surface area contributed by atoms with Crippen LogP contribution in [0.5, 0.6) is 0 Å². The summed E-state index contributed by atoms with van der Waals surface area (Å²) in [5.41, 5.74) is 0. The van der Waals surface area contributed by atoms with Gasteiger partial charge in [0.2, 0.25) is 15.8 Å². The van der Waals surface area contributed by atoms with Crippen LogP contribution in [0.25, 0.3) is 0 Å². The van der Waals surface area contributed by atoms with Gasteiger partial charge in [-0.25, -0.2) is 17.9 Å². The smallest absolute Gasteiger partial charge is 0.371 e. The second-order valence-corrected chi connectivity index (χ2v) is 8.30. The van der Waals surface area contributed by atoms with E-state index in [1.807, 2.05) is 0 Å². The molecule has 3 unspecified atom stereocenters. The van der Waals surface area contributed by atoms with Crippen LogP contribution in [0.4, 0.5) is 0 Å². The minimum atomic E-state index is -3.76. The van der Waals surface area contributed by atoms with Crippen LogP contribution in [0.2, 0.25) is 0 Å². The predicted octanol–water partition coefficient (Wildman–Crippen LogP) is 2.45. The van der Waals surface area contributed by atoms with Gasteiger partial charge < -0.3 is 9.52 Å². The van der Waals surface area contributed by atoms with Crippen molar-refractivity contribution in [2.75, 3.05) is 6.54 Å². The molecule has 1 aromatic rings. The number of nitrogens with one attached hydrogen (secondary N) is 1. The maximum Gasteiger partial charge on any atom is 0.371 e. The van der Waals surface area contributed by atoms with Crippen LogP contribution in [0.1, 0.15) is 36.2 Å². The number of furan rings is 1. The molecule has 1 aromatic heterocycles. The number of rotatable bonds is 5. The number of halogens is 1.